The number of rotatable bonds is 7. The van der Waals surface area contributed by atoms with Crippen LogP contribution in [0.5, 0.6) is 5.75 Å². The Kier molecular flexibility index (Phi) is 7.30. The van der Waals surface area contributed by atoms with Gasteiger partial charge < -0.3 is 20.3 Å². The molecule has 144 valence electrons. The van der Waals surface area contributed by atoms with Gasteiger partial charge in [-0.1, -0.05) is 19.3 Å². The van der Waals surface area contributed by atoms with Crippen molar-refractivity contribution in [1.29, 1.82) is 0 Å². The van der Waals surface area contributed by atoms with Crippen LogP contribution in [0.1, 0.15) is 52.9 Å². The van der Waals surface area contributed by atoms with Crippen molar-refractivity contribution in [3.05, 3.63) is 18.2 Å². The fourth-order valence-electron chi connectivity index (χ4n) is 3.63. The fraction of sp³-hybridized carbons (Fsp3) is 0.600. The minimum absolute atomic E-state index is 0.103. The van der Waals surface area contributed by atoms with E-state index in [1.807, 2.05) is 18.7 Å². The highest BCUT2D eigenvalue weighted by Gasteiger charge is 2.27. The molecule has 1 atom stereocenters. The van der Waals surface area contributed by atoms with Gasteiger partial charge in [0.2, 0.25) is 11.8 Å². The zero-order valence-corrected chi connectivity index (χ0v) is 16.3. The van der Waals surface area contributed by atoms with Crippen molar-refractivity contribution in [2.75, 3.05) is 24.3 Å². The van der Waals surface area contributed by atoms with Crippen LogP contribution in [0.15, 0.2) is 18.2 Å². The second-order valence-electron chi connectivity index (χ2n) is 6.88. The minimum Gasteiger partial charge on any atom is -0.495 e. The van der Waals surface area contributed by atoms with Crippen LogP contribution < -0.4 is 15.4 Å². The molecule has 0 spiro atoms. The van der Waals surface area contributed by atoms with Crippen LogP contribution in [0.2, 0.25) is 0 Å². The third-order valence-electron chi connectivity index (χ3n) is 4.90. The van der Waals surface area contributed by atoms with Gasteiger partial charge in [0.15, 0.2) is 0 Å². The number of benzene rings is 1. The van der Waals surface area contributed by atoms with Crippen molar-refractivity contribution in [3.8, 4) is 5.75 Å². The highest BCUT2D eigenvalue weighted by Crippen LogP contribution is 2.29. The zero-order valence-electron chi connectivity index (χ0n) is 16.3. The lowest BCUT2D eigenvalue weighted by molar-refractivity contribution is -0.134. The van der Waals surface area contributed by atoms with Gasteiger partial charge in [0.05, 0.1) is 12.8 Å². The van der Waals surface area contributed by atoms with Crippen molar-refractivity contribution in [1.82, 2.24) is 4.90 Å². The number of methoxy groups -OCH3 is 1. The summed E-state index contributed by atoms with van der Waals surface area (Å²) in [5.41, 5.74) is 1.36. The quantitative estimate of drug-likeness (QED) is 0.778. The summed E-state index contributed by atoms with van der Waals surface area (Å²) < 4.78 is 5.39. The number of anilines is 2. The molecule has 0 aliphatic heterocycles. The van der Waals surface area contributed by atoms with Crippen LogP contribution in [0.4, 0.5) is 11.4 Å². The summed E-state index contributed by atoms with van der Waals surface area (Å²) in [5.74, 6) is 0.602. The summed E-state index contributed by atoms with van der Waals surface area (Å²) >= 11 is 0. The molecule has 0 heterocycles. The number of carbonyl (C=O) groups excluding carboxylic acids is 2. The van der Waals surface area contributed by atoms with E-state index in [4.69, 9.17) is 4.74 Å². The Morgan fingerprint density at radius 3 is 2.54 bits per heavy atom. The first kappa shape index (κ1) is 20.1. The maximum absolute atomic E-state index is 13.0. The van der Waals surface area contributed by atoms with E-state index in [1.165, 1.54) is 26.2 Å². The minimum atomic E-state index is -0.377. The topological polar surface area (TPSA) is 70.7 Å². The van der Waals surface area contributed by atoms with Crippen molar-refractivity contribution < 1.29 is 14.3 Å². The molecule has 2 rings (SSSR count). The molecule has 2 amide bonds. The van der Waals surface area contributed by atoms with E-state index in [-0.39, 0.29) is 17.9 Å². The second-order valence-corrected chi connectivity index (χ2v) is 6.88. The van der Waals surface area contributed by atoms with Gasteiger partial charge in [-0.15, -0.1) is 0 Å². The van der Waals surface area contributed by atoms with Crippen molar-refractivity contribution >= 4 is 23.2 Å². The molecule has 26 heavy (non-hydrogen) atoms. The Morgan fingerprint density at radius 2 is 1.96 bits per heavy atom. The van der Waals surface area contributed by atoms with E-state index in [9.17, 15) is 9.59 Å². The van der Waals surface area contributed by atoms with Gasteiger partial charge in [0.1, 0.15) is 11.8 Å². The standard InChI is InChI=1S/C20H31N3O3/c1-5-23(17-9-7-6-8-10-17)20(25)14(2)21-18-13-16(22-15(3)24)11-12-19(18)26-4/h11-14,17,21H,5-10H2,1-4H3,(H,22,24)/t14-/m0/s1. The van der Waals surface area contributed by atoms with Crippen molar-refractivity contribution in [2.45, 2.75) is 65.0 Å². The van der Waals surface area contributed by atoms with Crippen LogP contribution >= 0.6 is 0 Å². The first-order valence-corrected chi connectivity index (χ1v) is 9.48. The van der Waals surface area contributed by atoms with E-state index in [0.717, 1.165) is 19.4 Å². The lowest BCUT2D eigenvalue weighted by Gasteiger charge is -2.35. The summed E-state index contributed by atoms with van der Waals surface area (Å²) in [4.78, 5) is 26.3. The van der Waals surface area contributed by atoms with Gasteiger partial charge in [-0.3, -0.25) is 9.59 Å². The highest BCUT2D eigenvalue weighted by molar-refractivity contribution is 5.90. The van der Waals surface area contributed by atoms with Crippen LogP contribution in [-0.2, 0) is 9.59 Å². The molecule has 0 unspecified atom stereocenters. The molecule has 6 nitrogen and oxygen atoms in total. The molecule has 0 saturated heterocycles. The van der Waals surface area contributed by atoms with Crippen molar-refractivity contribution in [3.63, 3.8) is 0 Å². The first-order chi connectivity index (χ1) is 12.5. The number of hydrogen-bond acceptors (Lipinski definition) is 4. The molecule has 2 N–H and O–H groups in total. The second kappa shape index (κ2) is 9.46. The molecule has 0 aromatic heterocycles. The van der Waals surface area contributed by atoms with Crippen molar-refractivity contribution in [2.24, 2.45) is 0 Å². The molecule has 1 aromatic carbocycles. The van der Waals surface area contributed by atoms with Gasteiger partial charge in [0, 0.05) is 25.2 Å². The number of hydrogen-bond donors (Lipinski definition) is 2. The fourth-order valence-corrected chi connectivity index (χ4v) is 3.63. The lowest BCUT2D eigenvalue weighted by Crippen LogP contribution is -2.47. The molecule has 1 saturated carbocycles. The smallest absolute Gasteiger partial charge is 0.245 e. The lowest BCUT2D eigenvalue weighted by atomic mass is 9.94. The predicted octanol–water partition coefficient (Wildman–Crippen LogP) is 3.64. The molecule has 0 radical (unpaired) electrons. The number of carbonyl (C=O) groups is 2. The SMILES string of the molecule is CCN(C(=O)[C@H](C)Nc1cc(NC(C)=O)ccc1OC)C1CCCCC1. The molecular formula is C20H31N3O3. The van der Waals surface area contributed by atoms with Crippen LogP contribution in [0.3, 0.4) is 0 Å². The Balaban J connectivity index is 2.12. The van der Waals surface area contributed by atoms with Gasteiger partial charge in [-0.2, -0.15) is 0 Å². The maximum Gasteiger partial charge on any atom is 0.245 e. The van der Waals surface area contributed by atoms with Crippen LogP contribution in [0, 0.1) is 0 Å². The van der Waals surface area contributed by atoms with Crippen LogP contribution in [0.25, 0.3) is 0 Å². The predicted molar refractivity (Wildman–Crippen MR) is 105 cm³/mol. The summed E-state index contributed by atoms with van der Waals surface area (Å²) in [5, 5.41) is 6.02. The Labute approximate surface area is 156 Å². The first-order valence-electron chi connectivity index (χ1n) is 9.48. The summed E-state index contributed by atoms with van der Waals surface area (Å²) in [6, 6.07) is 5.32. The van der Waals surface area contributed by atoms with Gasteiger partial charge in [0.25, 0.3) is 0 Å². The number of nitrogens with one attached hydrogen (secondary N) is 2. The van der Waals surface area contributed by atoms with E-state index in [2.05, 4.69) is 10.6 Å². The van der Waals surface area contributed by atoms with E-state index in [1.54, 1.807) is 25.3 Å². The molecule has 1 fully saturated rings. The Morgan fingerprint density at radius 1 is 1.27 bits per heavy atom. The zero-order chi connectivity index (χ0) is 19.1. The summed E-state index contributed by atoms with van der Waals surface area (Å²) in [6.07, 6.45) is 5.84. The molecular weight excluding hydrogens is 330 g/mol. The van der Waals surface area contributed by atoms with E-state index < -0.39 is 0 Å². The highest BCUT2D eigenvalue weighted by atomic mass is 16.5. The summed E-state index contributed by atoms with van der Waals surface area (Å²) in [7, 11) is 1.59. The normalized spacial score (nSPS) is 15.8. The molecule has 0 bridgehead atoms. The third-order valence-corrected chi connectivity index (χ3v) is 4.90. The maximum atomic E-state index is 13.0. The van der Waals surface area contributed by atoms with E-state index in [0.29, 0.717) is 23.2 Å². The number of nitrogens with zero attached hydrogens (tertiary/aromatic N) is 1. The number of likely N-dealkylation sites (N-methyl/N-ethyl adjacent to an activating group) is 1. The van der Waals surface area contributed by atoms with E-state index >= 15 is 0 Å². The Bertz CT molecular complexity index is 627. The van der Waals surface area contributed by atoms with Gasteiger partial charge in [-0.05, 0) is 44.9 Å². The average Bonchev–Trinajstić information content (AvgIpc) is 2.63. The molecule has 1 aromatic rings. The largest absolute Gasteiger partial charge is 0.495 e. The number of amides is 2. The molecule has 6 heteroatoms. The monoisotopic (exact) mass is 361 g/mol. The van der Waals surface area contributed by atoms with Gasteiger partial charge in [-0.25, -0.2) is 0 Å². The number of ether oxygens (including phenoxy) is 1. The summed E-state index contributed by atoms with van der Waals surface area (Å²) in [6.45, 7) is 6.10. The van der Waals surface area contributed by atoms with Crippen LogP contribution in [-0.4, -0.2) is 42.5 Å². The third kappa shape index (κ3) is 5.13. The molecule has 1 aliphatic carbocycles. The van der Waals surface area contributed by atoms with Gasteiger partial charge >= 0.3 is 0 Å². The molecule has 1 aliphatic rings. The average molecular weight is 361 g/mol. The Hall–Kier alpha value is -2.24.